The third kappa shape index (κ3) is 7.48. The maximum absolute atomic E-state index is 12.3. The smallest absolute Gasteiger partial charge is 0.323 e. The van der Waals surface area contributed by atoms with Crippen molar-refractivity contribution in [3.63, 3.8) is 0 Å². The quantitative estimate of drug-likeness (QED) is 0.681. The Morgan fingerprint density at radius 3 is 2.20 bits per heavy atom. The molecule has 0 rings (SSSR count). The van der Waals surface area contributed by atoms with Crippen LogP contribution in [0, 0.1) is 5.92 Å². The van der Waals surface area contributed by atoms with Gasteiger partial charge < -0.3 is 15.7 Å². The molecule has 0 aromatic rings. The molecule has 0 aliphatic carbocycles. The van der Waals surface area contributed by atoms with Gasteiger partial charge in [0.25, 0.3) is 0 Å². The van der Waals surface area contributed by atoms with Gasteiger partial charge in [-0.25, -0.2) is 0 Å². The van der Waals surface area contributed by atoms with Crippen LogP contribution >= 0.6 is 0 Å². The highest BCUT2D eigenvalue weighted by Crippen LogP contribution is 2.20. The molecule has 1 atom stereocenters. The number of nitrogens with two attached hydrogens (primary N) is 1. The average Bonchev–Trinajstić information content (AvgIpc) is 2.31. The molecule has 0 fully saturated rings. The number of aliphatic carboxylic acids is 1. The van der Waals surface area contributed by atoms with Gasteiger partial charge in [-0.1, -0.05) is 19.8 Å². The number of rotatable bonds is 9. The van der Waals surface area contributed by atoms with E-state index in [0.29, 0.717) is 18.9 Å². The van der Waals surface area contributed by atoms with Crippen LogP contribution in [0.25, 0.3) is 0 Å². The van der Waals surface area contributed by atoms with Crippen LogP contribution in [0.1, 0.15) is 59.8 Å². The predicted octanol–water partition coefficient (Wildman–Crippen LogP) is 2.24. The third-order valence-corrected chi connectivity index (χ3v) is 3.44. The molecule has 0 radical (unpaired) electrons. The number of carboxylic acids is 1. The molecular formula is C15H30N2O3. The maximum Gasteiger partial charge on any atom is 0.323 e. The Hall–Kier alpha value is -1.10. The SMILES string of the molecule is CCCC(CCN)CCC(=O)N(CC(=O)O)C(C)(C)C. The minimum absolute atomic E-state index is 0.0852. The second-order valence-corrected chi connectivity index (χ2v) is 6.32. The summed E-state index contributed by atoms with van der Waals surface area (Å²) in [6.07, 6.45) is 4.26. The summed E-state index contributed by atoms with van der Waals surface area (Å²) in [5.41, 5.74) is 5.12. The van der Waals surface area contributed by atoms with Crippen molar-refractivity contribution in [3.8, 4) is 0 Å². The molecule has 0 aliphatic heterocycles. The first-order valence-corrected chi connectivity index (χ1v) is 7.44. The molecule has 3 N–H and O–H groups in total. The van der Waals surface area contributed by atoms with Gasteiger partial charge in [-0.3, -0.25) is 9.59 Å². The Morgan fingerprint density at radius 1 is 1.20 bits per heavy atom. The summed E-state index contributed by atoms with van der Waals surface area (Å²) in [5.74, 6) is -0.598. The largest absolute Gasteiger partial charge is 0.480 e. The molecule has 5 heteroatoms. The molecule has 0 saturated heterocycles. The minimum Gasteiger partial charge on any atom is -0.480 e. The van der Waals surface area contributed by atoms with Gasteiger partial charge in [0.1, 0.15) is 6.54 Å². The summed E-state index contributed by atoms with van der Waals surface area (Å²) < 4.78 is 0. The van der Waals surface area contributed by atoms with Crippen molar-refractivity contribution < 1.29 is 14.7 Å². The first-order chi connectivity index (χ1) is 9.22. The Labute approximate surface area is 122 Å². The molecule has 0 saturated carbocycles. The van der Waals surface area contributed by atoms with E-state index in [1.165, 1.54) is 4.90 Å². The first kappa shape index (κ1) is 18.9. The molecule has 0 aromatic carbocycles. The van der Waals surface area contributed by atoms with Crippen molar-refractivity contribution in [2.75, 3.05) is 13.1 Å². The molecule has 1 amide bonds. The zero-order valence-corrected chi connectivity index (χ0v) is 13.3. The van der Waals surface area contributed by atoms with Crippen LogP contribution in [0.3, 0.4) is 0 Å². The Bertz CT molecular complexity index is 305. The van der Waals surface area contributed by atoms with Crippen molar-refractivity contribution in [2.45, 2.75) is 65.3 Å². The highest BCUT2D eigenvalue weighted by Gasteiger charge is 2.28. The van der Waals surface area contributed by atoms with Crippen LogP contribution in [0.5, 0.6) is 0 Å². The summed E-state index contributed by atoms with van der Waals surface area (Å²) in [7, 11) is 0. The van der Waals surface area contributed by atoms with E-state index in [4.69, 9.17) is 10.8 Å². The summed E-state index contributed by atoms with van der Waals surface area (Å²) in [4.78, 5) is 24.6. The monoisotopic (exact) mass is 286 g/mol. The summed E-state index contributed by atoms with van der Waals surface area (Å²) in [6.45, 7) is 8.09. The third-order valence-electron chi connectivity index (χ3n) is 3.44. The lowest BCUT2D eigenvalue weighted by Crippen LogP contribution is -2.48. The summed E-state index contributed by atoms with van der Waals surface area (Å²) in [5, 5.41) is 8.93. The predicted molar refractivity (Wildman–Crippen MR) is 80.4 cm³/mol. The summed E-state index contributed by atoms with van der Waals surface area (Å²) in [6, 6.07) is 0. The molecule has 20 heavy (non-hydrogen) atoms. The molecule has 0 bridgehead atoms. The number of carbonyl (C=O) groups excluding carboxylic acids is 1. The molecule has 118 valence electrons. The average molecular weight is 286 g/mol. The van der Waals surface area contributed by atoms with E-state index in [0.717, 1.165) is 25.7 Å². The van der Waals surface area contributed by atoms with E-state index in [1.807, 2.05) is 20.8 Å². The van der Waals surface area contributed by atoms with Crippen molar-refractivity contribution in [1.29, 1.82) is 0 Å². The number of hydrogen-bond acceptors (Lipinski definition) is 3. The topological polar surface area (TPSA) is 83.6 Å². The second-order valence-electron chi connectivity index (χ2n) is 6.32. The lowest BCUT2D eigenvalue weighted by Gasteiger charge is -2.34. The fraction of sp³-hybridized carbons (Fsp3) is 0.867. The fourth-order valence-electron chi connectivity index (χ4n) is 2.37. The standard InChI is InChI=1S/C15H30N2O3/c1-5-6-12(9-10-16)7-8-13(18)17(11-14(19)20)15(2,3)4/h12H,5-11,16H2,1-4H3,(H,19,20). The van der Waals surface area contributed by atoms with E-state index in [1.54, 1.807) is 0 Å². The Kier molecular flexibility index (Phi) is 8.46. The molecule has 5 nitrogen and oxygen atoms in total. The van der Waals surface area contributed by atoms with Crippen LogP contribution in [0.2, 0.25) is 0 Å². The second kappa shape index (κ2) is 8.95. The molecular weight excluding hydrogens is 256 g/mol. The van der Waals surface area contributed by atoms with Gasteiger partial charge in [-0.15, -0.1) is 0 Å². The number of hydrogen-bond donors (Lipinski definition) is 2. The Balaban J connectivity index is 4.55. The van der Waals surface area contributed by atoms with Crippen LogP contribution in [0.15, 0.2) is 0 Å². The van der Waals surface area contributed by atoms with E-state index in [2.05, 4.69) is 6.92 Å². The number of amides is 1. The van der Waals surface area contributed by atoms with Gasteiger partial charge in [0.2, 0.25) is 5.91 Å². The molecule has 1 unspecified atom stereocenters. The molecule has 0 aromatic heterocycles. The number of nitrogens with zero attached hydrogens (tertiary/aromatic N) is 1. The van der Waals surface area contributed by atoms with Gasteiger partial charge in [-0.05, 0) is 46.1 Å². The van der Waals surface area contributed by atoms with Crippen LogP contribution in [-0.2, 0) is 9.59 Å². The number of carbonyl (C=O) groups is 2. The van der Waals surface area contributed by atoms with Gasteiger partial charge >= 0.3 is 5.97 Å². The first-order valence-electron chi connectivity index (χ1n) is 7.44. The van der Waals surface area contributed by atoms with Crippen LogP contribution in [-0.4, -0.2) is 40.5 Å². The lowest BCUT2D eigenvalue weighted by atomic mass is 9.93. The maximum atomic E-state index is 12.3. The zero-order chi connectivity index (χ0) is 15.8. The summed E-state index contributed by atoms with van der Waals surface area (Å²) >= 11 is 0. The van der Waals surface area contributed by atoms with Crippen LogP contribution in [0.4, 0.5) is 0 Å². The van der Waals surface area contributed by atoms with Crippen molar-refractivity contribution >= 4 is 11.9 Å². The normalized spacial score (nSPS) is 13.1. The van der Waals surface area contributed by atoms with Gasteiger partial charge in [0.05, 0.1) is 0 Å². The Morgan fingerprint density at radius 2 is 1.80 bits per heavy atom. The fourth-order valence-corrected chi connectivity index (χ4v) is 2.37. The van der Waals surface area contributed by atoms with Crippen LogP contribution < -0.4 is 5.73 Å². The van der Waals surface area contributed by atoms with Gasteiger partial charge in [0.15, 0.2) is 0 Å². The van der Waals surface area contributed by atoms with E-state index < -0.39 is 11.5 Å². The van der Waals surface area contributed by atoms with Crippen molar-refractivity contribution in [1.82, 2.24) is 4.90 Å². The molecule has 0 aliphatic rings. The van der Waals surface area contributed by atoms with E-state index >= 15 is 0 Å². The zero-order valence-electron chi connectivity index (χ0n) is 13.3. The highest BCUT2D eigenvalue weighted by molar-refractivity contribution is 5.82. The molecule has 0 heterocycles. The lowest BCUT2D eigenvalue weighted by molar-refractivity contribution is -0.148. The number of carboxylic acid groups (broad SMARTS) is 1. The highest BCUT2D eigenvalue weighted by atomic mass is 16.4. The van der Waals surface area contributed by atoms with Crippen molar-refractivity contribution in [3.05, 3.63) is 0 Å². The van der Waals surface area contributed by atoms with Crippen molar-refractivity contribution in [2.24, 2.45) is 11.7 Å². The van der Waals surface area contributed by atoms with E-state index in [-0.39, 0.29) is 12.5 Å². The van der Waals surface area contributed by atoms with Gasteiger partial charge in [-0.2, -0.15) is 0 Å². The van der Waals surface area contributed by atoms with E-state index in [9.17, 15) is 9.59 Å². The molecule has 0 spiro atoms. The minimum atomic E-state index is -0.972. The van der Waals surface area contributed by atoms with Gasteiger partial charge in [0, 0.05) is 12.0 Å².